The van der Waals surface area contributed by atoms with Crippen LogP contribution in [0.3, 0.4) is 0 Å². The number of hydrogen-bond donors (Lipinski definition) is 1. The van der Waals surface area contributed by atoms with Gasteiger partial charge in [-0.25, -0.2) is 9.48 Å². The Bertz CT molecular complexity index is 1310. The summed E-state index contributed by atoms with van der Waals surface area (Å²) in [5.74, 6) is 0.945. The molecule has 0 spiro atoms. The molecule has 1 aliphatic heterocycles. The number of nitrogens with zero attached hydrogens (tertiary/aromatic N) is 3. The summed E-state index contributed by atoms with van der Waals surface area (Å²) >= 11 is 0. The molecule has 0 atom stereocenters. The van der Waals surface area contributed by atoms with E-state index >= 15 is 0 Å². The fraction of sp³-hybridized carbons (Fsp3) is 0.136. The number of hydrogen-bond acceptors (Lipinski definition) is 5. The number of benzene rings is 2. The van der Waals surface area contributed by atoms with E-state index in [1.54, 1.807) is 42.6 Å². The van der Waals surface area contributed by atoms with Gasteiger partial charge in [-0.3, -0.25) is 9.20 Å². The van der Waals surface area contributed by atoms with Crippen LogP contribution < -0.4 is 20.5 Å². The van der Waals surface area contributed by atoms with E-state index in [-0.39, 0.29) is 11.6 Å². The summed E-state index contributed by atoms with van der Waals surface area (Å²) in [7, 11) is 0. The van der Waals surface area contributed by atoms with E-state index in [1.807, 2.05) is 24.3 Å². The third-order valence-corrected chi connectivity index (χ3v) is 4.81. The van der Waals surface area contributed by atoms with Gasteiger partial charge in [0.1, 0.15) is 13.2 Å². The molecule has 0 bridgehead atoms. The fourth-order valence-electron chi connectivity index (χ4n) is 3.38. The number of fused-ring (bicyclic) bond motifs is 2. The highest BCUT2D eigenvalue weighted by Crippen LogP contribution is 2.31. The van der Waals surface area contributed by atoms with Crippen molar-refractivity contribution in [1.29, 1.82) is 0 Å². The highest BCUT2D eigenvalue weighted by Gasteiger charge is 2.15. The van der Waals surface area contributed by atoms with Crippen molar-refractivity contribution in [3.8, 4) is 11.5 Å². The van der Waals surface area contributed by atoms with E-state index in [9.17, 15) is 9.59 Å². The van der Waals surface area contributed by atoms with E-state index in [0.717, 1.165) is 5.56 Å². The molecule has 1 N–H and O–H groups in total. The molecule has 30 heavy (non-hydrogen) atoms. The first-order valence-corrected chi connectivity index (χ1v) is 9.51. The lowest BCUT2D eigenvalue weighted by atomic mass is 10.1. The molecule has 8 heteroatoms. The minimum absolute atomic E-state index is 0.212. The Hall–Kier alpha value is -4.07. The quantitative estimate of drug-likeness (QED) is 0.567. The molecule has 1 aliphatic rings. The number of pyridine rings is 1. The fourth-order valence-corrected chi connectivity index (χ4v) is 3.38. The molecule has 3 heterocycles. The Morgan fingerprint density at radius 3 is 2.73 bits per heavy atom. The molecule has 0 unspecified atom stereocenters. The zero-order valence-electron chi connectivity index (χ0n) is 15.9. The topological polar surface area (TPSA) is 86.9 Å². The van der Waals surface area contributed by atoms with Crippen LogP contribution in [-0.2, 0) is 6.54 Å². The van der Waals surface area contributed by atoms with Crippen molar-refractivity contribution in [1.82, 2.24) is 14.2 Å². The zero-order valence-corrected chi connectivity index (χ0v) is 15.9. The Kier molecular flexibility index (Phi) is 4.44. The van der Waals surface area contributed by atoms with Crippen LogP contribution in [0.2, 0.25) is 0 Å². The second kappa shape index (κ2) is 7.40. The largest absolute Gasteiger partial charge is 0.486 e. The van der Waals surface area contributed by atoms with E-state index in [0.29, 0.717) is 48.2 Å². The lowest BCUT2D eigenvalue weighted by Crippen LogP contribution is -2.21. The third kappa shape index (κ3) is 3.39. The summed E-state index contributed by atoms with van der Waals surface area (Å²) in [5.41, 5.74) is 2.33. The number of carbonyl (C=O) groups excluding carboxylic acids is 1. The first-order valence-electron chi connectivity index (χ1n) is 9.51. The molecular weight excluding hydrogens is 384 g/mol. The molecule has 4 aromatic rings. The zero-order chi connectivity index (χ0) is 20.5. The highest BCUT2D eigenvalue weighted by molar-refractivity contribution is 6.04. The number of amides is 1. The summed E-state index contributed by atoms with van der Waals surface area (Å²) in [6.07, 6.45) is 1.69. The monoisotopic (exact) mass is 402 g/mol. The van der Waals surface area contributed by atoms with Crippen molar-refractivity contribution in [3.63, 3.8) is 0 Å². The van der Waals surface area contributed by atoms with E-state index in [2.05, 4.69) is 10.4 Å². The first-order chi connectivity index (χ1) is 14.7. The van der Waals surface area contributed by atoms with Crippen LogP contribution >= 0.6 is 0 Å². The van der Waals surface area contributed by atoms with Crippen LogP contribution in [0.4, 0.5) is 5.69 Å². The molecule has 0 aliphatic carbocycles. The van der Waals surface area contributed by atoms with E-state index in [4.69, 9.17) is 9.47 Å². The Labute approximate surface area is 171 Å². The second-order valence-electron chi connectivity index (χ2n) is 6.88. The predicted octanol–water partition coefficient (Wildman–Crippen LogP) is 2.57. The lowest BCUT2D eigenvalue weighted by Gasteiger charge is -2.18. The Balaban J connectivity index is 1.35. The van der Waals surface area contributed by atoms with Gasteiger partial charge in [0.15, 0.2) is 17.1 Å². The average Bonchev–Trinajstić information content (AvgIpc) is 3.09. The SMILES string of the molecule is O=C(Nc1cccc(Cn2nc3ccccn3c2=O)c1)c1ccc2c(c1)OCCO2. The summed E-state index contributed by atoms with van der Waals surface area (Å²) in [6, 6.07) is 17.8. The van der Waals surface area contributed by atoms with Crippen LogP contribution in [0.15, 0.2) is 71.7 Å². The molecule has 0 fully saturated rings. The summed E-state index contributed by atoms with van der Waals surface area (Å²) < 4.78 is 13.9. The van der Waals surface area contributed by atoms with Crippen LogP contribution in [0.1, 0.15) is 15.9 Å². The molecule has 2 aromatic heterocycles. The van der Waals surface area contributed by atoms with Gasteiger partial charge in [-0.2, -0.15) is 0 Å². The first kappa shape index (κ1) is 18.0. The van der Waals surface area contributed by atoms with Crippen molar-refractivity contribution in [2.24, 2.45) is 0 Å². The van der Waals surface area contributed by atoms with Gasteiger partial charge in [0.2, 0.25) is 0 Å². The van der Waals surface area contributed by atoms with Gasteiger partial charge < -0.3 is 14.8 Å². The van der Waals surface area contributed by atoms with Crippen molar-refractivity contribution in [2.45, 2.75) is 6.54 Å². The van der Waals surface area contributed by atoms with Gasteiger partial charge >= 0.3 is 5.69 Å². The standard InChI is InChI=1S/C22H18N4O4/c27-21(16-7-8-18-19(13-16)30-11-10-29-18)23-17-5-3-4-15(12-17)14-26-22(28)25-9-2-1-6-20(25)24-26/h1-9,12-13H,10-11,14H2,(H,23,27). The maximum absolute atomic E-state index is 12.7. The minimum atomic E-state index is -0.256. The number of anilines is 1. The van der Waals surface area contributed by atoms with Gasteiger partial charge in [0.05, 0.1) is 6.54 Å². The molecule has 8 nitrogen and oxygen atoms in total. The smallest absolute Gasteiger partial charge is 0.350 e. The van der Waals surface area contributed by atoms with Crippen molar-refractivity contribution >= 4 is 17.2 Å². The lowest BCUT2D eigenvalue weighted by molar-refractivity contribution is 0.102. The van der Waals surface area contributed by atoms with Crippen molar-refractivity contribution < 1.29 is 14.3 Å². The molecule has 5 rings (SSSR count). The van der Waals surface area contributed by atoms with E-state index in [1.165, 1.54) is 9.08 Å². The van der Waals surface area contributed by atoms with Crippen LogP contribution in [0.5, 0.6) is 11.5 Å². The number of nitrogens with one attached hydrogen (secondary N) is 1. The molecule has 1 amide bonds. The molecule has 0 saturated heterocycles. The maximum Gasteiger partial charge on any atom is 0.350 e. The van der Waals surface area contributed by atoms with Gasteiger partial charge in [-0.15, -0.1) is 5.10 Å². The van der Waals surface area contributed by atoms with Gasteiger partial charge in [0, 0.05) is 17.4 Å². The van der Waals surface area contributed by atoms with Crippen LogP contribution in [0, 0.1) is 0 Å². The van der Waals surface area contributed by atoms with Crippen molar-refractivity contribution in [3.05, 3.63) is 88.5 Å². The highest BCUT2D eigenvalue weighted by atomic mass is 16.6. The summed E-state index contributed by atoms with van der Waals surface area (Å²) in [4.78, 5) is 25.1. The van der Waals surface area contributed by atoms with Crippen molar-refractivity contribution in [2.75, 3.05) is 18.5 Å². The van der Waals surface area contributed by atoms with Crippen LogP contribution in [-0.4, -0.2) is 33.3 Å². The number of carbonyl (C=O) groups is 1. The Morgan fingerprint density at radius 1 is 1.00 bits per heavy atom. The molecule has 0 radical (unpaired) electrons. The van der Waals surface area contributed by atoms with Gasteiger partial charge in [0.25, 0.3) is 5.91 Å². The maximum atomic E-state index is 12.7. The second-order valence-corrected chi connectivity index (χ2v) is 6.88. The molecule has 2 aromatic carbocycles. The molecule has 150 valence electrons. The normalized spacial score (nSPS) is 12.7. The van der Waals surface area contributed by atoms with E-state index < -0.39 is 0 Å². The summed E-state index contributed by atoms with van der Waals surface area (Å²) in [5, 5.41) is 7.22. The Morgan fingerprint density at radius 2 is 1.87 bits per heavy atom. The summed E-state index contributed by atoms with van der Waals surface area (Å²) in [6.45, 7) is 1.26. The minimum Gasteiger partial charge on any atom is -0.486 e. The molecule has 0 saturated carbocycles. The van der Waals surface area contributed by atoms with Gasteiger partial charge in [-0.1, -0.05) is 18.2 Å². The average molecular weight is 402 g/mol. The third-order valence-electron chi connectivity index (χ3n) is 4.81. The van der Waals surface area contributed by atoms with Gasteiger partial charge in [-0.05, 0) is 48.0 Å². The number of ether oxygens (including phenoxy) is 2. The number of aromatic nitrogens is 3. The molecular formula is C22H18N4O4. The number of rotatable bonds is 4. The predicted molar refractivity (Wildman–Crippen MR) is 110 cm³/mol. The van der Waals surface area contributed by atoms with Crippen LogP contribution in [0.25, 0.3) is 5.65 Å².